The van der Waals surface area contributed by atoms with Crippen molar-refractivity contribution in [2.45, 2.75) is 26.4 Å². The van der Waals surface area contributed by atoms with Crippen molar-refractivity contribution < 1.29 is 27.9 Å². The molecule has 1 aliphatic rings. The summed E-state index contributed by atoms with van der Waals surface area (Å²) < 4.78 is 41.5. The molecule has 180 valence electrons. The second-order valence-electron chi connectivity index (χ2n) is 9.01. The molecule has 2 heterocycles. The van der Waals surface area contributed by atoms with Crippen LogP contribution in [0, 0.1) is 12.3 Å². The van der Waals surface area contributed by atoms with Crippen LogP contribution in [0.4, 0.5) is 13.2 Å². The lowest BCUT2D eigenvalue weighted by Gasteiger charge is -2.45. The number of alkyl halides is 3. The van der Waals surface area contributed by atoms with E-state index in [0.29, 0.717) is 32.7 Å². The number of carbonyl (C=O) groups excluding carboxylic acids is 1. The minimum absolute atomic E-state index is 0.0689. The topological polar surface area (TPSA) is 62.5 Å². The van der Waals surface area contributed by atoms with E-state index in [9.17, 15) is 27.9 Å². The first kappa shape index (κ1) is 24.4. The van der Waals surface area contributed by atoms with E-state index in [2.05, 4.69) is 0 Å². The molecule has 5 nitrogen and oxygen atoms in total. The molecular formula is C24H21Cl2F3N2O3. The Labute approximate surface area is 203 Å². The molecule has 0 aliphatic carbocycles. The highest BCUT2D eigenvalue weighted by Crippen LogP contribution is 2.37. The fourth-order valence-electron chi connectivity index (χ4n) is 4.35. The van der Waals surface area contributed by atoms with Gasteiger partial charge in [0, 0.05) is 48.2 Å². The molecule has 1 aliphatic heterocycles. The number of carboxylic acids is 1. The summed E-state index contributed by atoms with van der Waals surface area (Å²) in [4.78, 5) is 25.7. The third kappa shape index (κ3) is 4.03. The highest BCUT2D eigenvalue weighted by molar-refractivity contribution is 6.38. The fourth-order valence-corrected chi connectivity index (χ4v) is 4.93. The first-order valence-electron chi connectivity index (χ1n) is 10.4. The first-order valence-corrected chi connectivity index (χ1v) is 11.1. The van der Waals surface area contributed by atoms with Crippen molar-refractivity contribution in [3.8, 4) is 0 Å². The van der Waals surface area contributed by atoms with Crippen molar-refractivity contribution in [3.63, 3.8) is 0 Å². The molecule has 0 atom stereocenters. The Morgan fingerprint density at radius 1 is 1.15 bits per heavy atom. The van der Waals surface area contributed by atoms with Crippen molar-refractivity contribution in [1.82, 2.24) is 9.47 Å². The Balaban J connectivity index is 1.69. The Hall–Kier alpha value is -2.71. The maximum atomic E-state index is 13.3. The van der Waals surface area contributed by atoms with E-state index >= 15 is 0 Å². The maximum absolute atomic E-state index is 13.3. The van der Waals surface area contributed by atoms with Crippen LogP contribution in [-0.4, -0.2) is 39.5 Å². The molecular weight excluding hydrogens is 492 g/mol. The minimum Gasteiger partial charge on any atom is -0.481 e. The first-order chi connectivity index (χ1) is 15.7. The van der Waals surface area contributed by atoms with E-state index in [4.69, 9.17) is 23.2 Å². The molecule has 0 saturated carbocycles. The predicted octanol–water partition coefficient (Wildman–Crippen LogP) is 5.95. The van der Waals surface area contributed by atoms with Gasteiger partial charge in [-0.3, -0.25) is 9.59 Å². The smallest absolute Gasteiger partial charge is 0.416 e. The van der Waals surface area contributed by atoms with Crippen LogP contribution < -0.4 is 0 Å². The number of rotatable bonds is 4. The van der Waals surface area contributed by atoms with Crippen LogP contribution >= 0.6 is 23.2 Å². The van der Waals surface area contributed by atoms with Gasteiger partial charge in [-0.1, -0.05) is 23.2 Å². The van der Waals surface area contributed by atoms with Crippen LogP contribution in [0.25, 0.3) is 10.9 Å². The van der Waals surface area contributed by atoms with Gasteiger partial charge in [-0.05, 0) is 55.3 Å². The molecule has 0 unspecified atom stereocenters. The number of benzene rings is 2. The molecule has 10 heteroatoms. The summed E-state index contributed by atoms with van der Waals surface area (Å²) in [5, 5.41) is 10.4. The van der Waals surface area contributed by atoms with E-state index < -0.39 is 29.0 Å². The van der Waals surface area contributed by atoms with Gasteiger partial charge in [-0.15, -0.1) is 0 Å². The summed E-state index contributed by atoms with van der Waals surface area (Å²) in [5.74, 6) is -1.37. The second kappa shape index (κ2) is 8.20. The normalized spacial score (nSPS) is 15.5. The van der Waals surface area contributed by atoms with Crippen molar-refractivity contribution in [1.29, 1.82) is 0 Å². The number of carboxylic acid groups (broad SMARTS) is 1. The molecule has 1 fully saturated rings. The van der Waals surface area contributed by atoms with Gasteiger partial charge in [-0.25, -0.2) is 0 Å². The molecule has 0 spiro atoms. The quantitative estimate of drug-likeness (QED) is 0.469. The van der Waals surface area contributed by atoms with Gasteiger partial charge in [0.25, 0.3) is 5.91 Å². The molecule has 34 heavy (non-hydrogen) atoms. The van der Waals surface area contributed by atoms with Crippen LogP contribution in [0.15, 0.2) is 30.3 Å². The van der Waals surface area contributed by atoms with E-state index in [1.54, 1.807) is 37.6 Å². The summed E-state index contributed by atoms with van der Waals surface area (Å²) in [6.07, 6.45) is -4.27. The van der Waals surface area contributed by atoms with Crippen LogP contribution in [-0.2, 0) is 24.4 Å². The molecule has 2 aromatic carbocycles. The third-order valence-electron chi connectivity index (χ3n) is 6.45. The number of fused-ring (bicyclic) bond motifs is 1. The summed E-state index contributed by atoms with van der Waals surface area (Å²) in [5.41, 5.74) is 0.541. The van der Waals surface area contributed by atoms with Crippen molar-refractivity contribution in [2.75, 3.05) is 13.1 Å². The van der Waals surface area contributed by atoms with Gasteiger partial charge < -0.3 is 14.6 Å². The van der Waals surface area contributed by atoms with E-state index in [-0.39, 0.29) is 30.1 Å². The third-order valence-corrected chi connectivity index (χ3v) is 7.24. The molecule has 4 rings (SSSR count). The monoisotopic (exact) mass is 512 g/mol. The standard InChI is InChI=1S/C24H21Cl2F3N2O3/c1-12-6-13(24(27,28)29)7-19-16(12)8-14(30(19)3)9-17-18(25)5-4-15(20(17)26)21(32)31-10-23(2,11-31)22(33)34/h4-8H,9-11H2,1-3H3,(H,33,34). The molecule has 1 N–H and O–H groups in total. The fraction of sp³-hybridized carbons (Fsp3) is 0.333. The Morgan fingerprint density at radius 3 is 2.38 bits per heavy atom. The van der Waals surface area contributed by atoms with E-state index in [1.165, 1.54) is 11.0 Å². The zero-order chi connectivity index (χ0) is 25.2. The molecule has 1 saturated heterocycles. The zero-order valence-electron chi connectivity index (χ0n) is 18.6. The Bertz CT molecular complexity index is 1340. The van der Waals surface area contributed by atoms with Crippen LogP contribution in [0.3, 0.4) is 0 Å². The molecule has 1 aromatic heterocycles. The number of hydrogen-bond acceptors (Lipinski definition) is 2. The maximum Gasteiger partial charge on any atom is 0.416 e. The lowest BCUT2D eigenvalue weighted by Crippen LogP contribution is -2.60. The van der Waals surface area contributed by atoms with Crippen molar-refractivity contribution in [3.05, 3.63) is 68.3 Å². The summed E-state index contributed by atoms with van der Waals surface area (Å²) in [6, 6.07) is 7.05. The van der Waals surface area contributed by atoms with Crippen molar-refractivity contribution in [2.24, 2.45) is 12.5 Å². The highest BCUT2D eigenvalue weighted by Gasteiger charge is 2.47. The number of likely N-dealkylation sites (tertiary alicyclic amines) is 1. The van der Waals surface area contributed by atoms with Crippen LogP contribution in [0.5, 0.6) is 0 Å². The molecule has 0 radical (unpaired) electrons. The van der Waals surface area contributed by atoms with Crippen LogP contribution in [0.2, 0.25) is 10.0 Å². The van der Waals surface area contributed by atoms with Gasteiger partial charge in [0.2, 0.25) is 0 Å². The molecule has 1 amide bonds. The zero-order valence-corrected chi connectivity index (χ0v) is 20.1. The lowest BCUT2D eigenvalue weighted by atomic mass is 9.81. The minimum atomic E-state index is -4.46. The van der Waals surface area contributed by atoms with Gasteiger partial charge in [-0.2, -0.15) is 13.2 Å². The number of hydrogen-bond donors (Lipinski definition) is 1. The number of amides is 1. The number of halogens is 5. The van der Waals surface area contributed by atoms with Gasteiger partial charge in [0.15, 0.2) is 0 Å². The number of aliphatic carboxylic acids is 1. The van der Waals surface area contributed by atoms with Gasteiger partial charge in [0.1, 0.15) is 5.41 Å². The average Bonchev–Trinajstić information content (AvgIpc) is 3.03. The average molecular weight is 513 g/mol. The molecule has 0 bridgehead atoms. The lowest BCUT2D eigenvalue weighted by molar-refractivity contribution is -0.155. The number of nitrogens with zero attached hydrogens (tertiary/aromatic N) is 2. The largest absolute Gasteiger partial charge is 0.481 e. The Kier molecular flexibility index (Phi) is 5.89. The van der Waals surface area contributed by atoms with Gasteiger partial charge >= 0.3 is 12.1 Å². The highest BCUT2D eigenvalue weighted by atomic mass is 35.5. The van der Waals surface area contributed by atoms with E-state index in [0.717, 1.165) is 12.1 Å². The summed E-state index contributed by atoms with van der Waals surface area (Å²) in [7, 11) is 1.67. The molecule has 3 aromatic rings. The number of carbonyl (C=O) groups is 2. The van der Waals surface area contributed by atoms with E-state index in [1.807, 2.05) is 0 Å². The van der Waals surface area contributed by atoms with Gasteiger partial charge in [0.05, 0.1) is 16.1 Å². The van der Waals surface area contributed by atoms with Crippen LogP contribution in [0.1, 0.15) is 39.7 Å². The van der Waals surface area contributed by atoms with Crippen molar-refractivity contribution >= 4 is 46.0 Å². The predicted molar refractivity (Wildman–Crippen MR) is 124 cm³/mol. The number of aromatic nitrogens is 1. The number of aryl methyl sites for hydroxylation is 2. The summed E-state index contributed by atoms with van der Waals surface area (Å²) >= 11 is 13.0. The SMILES string of the molecule is Cc1cc(C(F)(F)F)cc2c1cc(Cc1c(Cl)ccc(C(=O)N3CC(C)(C(=O)O)C3)c1Cl)n2C. The summed E-state index contributed by atoms with van der Waals surface area (Å²) in [6.45, 7) is 3.33. The second-order valence-corrected chi connectivity index (χ2v) is 9.79. The Morgan fingerprint density at radius 2 is 1.79 bits per heavy atom.